The number of phenols is 1. The molecule has 0 bridgehead atoms. The number of amides is 1. The minimum Gasteiger partial charge on any atom is -0.508 e. The summed E-state index contributed by atoms with van der Waals surface area (Å²) < 4.78 is 4.81. The number of pyridine rings is 1. The molecule has 6 nitrogen and oxygen atoms in total. The van der Waals surface area contributed by atoms with E-state index in [0.29, 0.717) is 16.8 Å². The summed E-state index contributed by atoms with van der Waals surface area (Å²) >= 11 is 0. The Morgan fingerprint density at radius 2 is 2.00 bits per heavy atom. The first-order chi connectivity index (χ1) is 11.1. The highest BCUT2D eigenvalue weighted by molar-refractivity contribution is 6.07. The van der Waals surface area contributed by atoms with Gasteiger partial charge in [-0.05, 0) is 48.9 Å². The molecule has 2 N–H and O–H groups in total. The van der Waals surface area contributed by atoms with Gasteiger partial charge in [0.25, 0.3) is 0 Å². The molecule has 0 spiro atoms. The summed E-state index contributed by atoms with van der Waals surface area (Å²) in [5.41, 5.74) is 1.43. The molecule has 118 valence electrons. The van der Waals surface area contributed by atoms with Crippen molar-refractivity contribution in [2.45, 2.75) is 6.92 Å². The number of phenolic OH excluding ortho intramolecular Hbond substituents is 1. The number of carbonyl (C=O) groups is 2. The van der Waals surface area contributed by atoms with Crippen molar-refractivity contribution in [2.75, 3.05) is 11.9 Å². The summed E-state index contributed by atoms with van der Waals surface area (Å²) in [5.74, 6) is -0.197. The second kappa shape index (κ2) is 7.74. The van der Waals surface area contributed by atoms with E-state index in [4.69, 9.17) is 4.74 Å². The van der Waals surface area contributed by atoms with Crippen molar-refractivity contribution in [2.24, 2.45) is 0 Å². The number of ketones is 1. The summed E-state index contributed by atoms with van der Waals surface area (Å²) in [7, 11) is 0. The molecule has 0 aliphatic rings. The third-order valence-electron chi connectivity index (χ3n) is 2.93. The molecular formula is C17H16N2O4. The molecule has 0 radical (unpaired) electrons. The van der Waals surface area contributed by atoms with Gasteiger partial charge in [0.1, 0.15) is 5.75 Å². The molecular weight excluding hydrogens is 296 g/mol. The van der Waals surface area contributed by atoms with Gasteiger partial charge < -0.3 is 9.84 Å². The van der Waals surface area contributed by atoms with Crippen LogP contribution in [0.2, 0.25) is 0 Å². The van der Waals surface area contributed by atoms with Crippen molar-refractivity contribution in [1.29, 1.82) is 0 Å². The number of hydrogen-bond donors (Lipinski definition) is 2. The predicted molar refractivity (Wildman–Crippen MR) is 86.4 cm³/mol. The number of nitrogens with zero attached hydrogens (tertiary/aromatic N) is 1. The number of rotatable bonds is 5. The van der Waals surface area contributed by atoms with Gasteiger partial charge in [-0.3, -0.25) is 15.1 Å². The van der Waals surface area contributed by atoms with Crippen molar-refractivity contribution < 1.29 is 19.4 Å². The van der Waals surface area contributed by atoms with Gasteiger partial charge in [-0.1, -0.05) is 0 Å². The van der Waals surface area contributed by atoms with Gasteiger partial charge in [0, 0.05) is 24.0 Å². The number of ether oxygens (including phenoxy) is 1. The van der Waals surface area contributed by atoms with Crippen LogP contribution in [0, 0.1) is 0 Å². The van der Waals surface area contributed by atoms with Crippen LogP contribution in [-0.2, 0) is 4.74 Å². The molecule has 0 aliphatic heterocycles. The van der Waals surface area contributed by atoms with Crippen molar-refractivity contribution in [1.82, 2.24) is 4.98 Å². The fraction of sp³-hybridized carbons (Fsp3) is 0.118. The zero-order valence-corrected chi connectivity index (χ0v) is 12.5. The molecule has 23 heavy (non-hydrogen) atoms. The van der Waals surface area contributed by atoms with E-state index in [0.717, 1.165) is 0 Å². The van der Waals surface area contributed by atoms with Crippen LogP contribution < -0.4 is 5.32 Å². The molecule has 1 heterocycles. The van der Waals surface area contributed by atoms with E-state index in [1.54, 1.807) is 31.2 Å². The summed E-state index contributed by atoms with van der Waals surface area (Å²) in [6, 6.07) is 7.66. The fourth-order valence-corrected chi connectivity index (χ4v) is 1.85. The maximum absolute atomic E-state index is 12.0. The van der Waals surface area contributed by atoms with E-state index < -0.39 is 6.09 Å². The first-order valence-corrected chi connectivity index (χ1v) is 6.99. The Kier molecular flexibility index (Phi) is 5.46. The molecule has 0 unspecified atom stereocenters. The average Bonchev–Trinajstić information content (AvgIpc) is 2.55. The maximum Gasteiger partial charge on any atom is 0.411 e. The molecule has 2 aromatic rings. The zero-order chi connectivity index (χ0) is 16.7. The number of anilines is 1. The van der Waals surface area contributed by atoms with E-state index in [1.165, 1.54) is 30.6 Å². The van der Waals surface area contributed by atoms with Crippen molar-refractivity contribution in [3.05, 3.63) is 59.9 Å². The molecule has 0 saturated heterocycles. The molecule has 0 aliphatic carbocycles. The van der Waals surface area contributed by atoms with E-state index in [2.05, 4.69) is 10.3 Å². The molecule has 0 atom stereocenters. The number of nitrogens with one attached hydrogen (secondary N) is 1. The smallest absolute Gasteiger partial charge is 0.411 e. The standard InChI is InChI=1S/C17H16N2O4/c1-2-23-17(22)19-15-11-14(20)5-3-12(15)4-6-16(21)13-7-9-18-10-8-13/h3-11,20H,2H2,1H3,(H,19,22)/b6-4+. The number of aromatic hydroxyl groups is 1. The zero-order valence-electron chi connectivity index (χ0n) is 12.5. The first kappa shape index (κ1) is 16.2. The van der Waals surface area contributed by atoms with Gasteiger partial charge in [-0.25, -0.2) is 4.79 Å². The van der Waals surface area contributed by atoms with Crippen molar-refractivity contribution >= 4 is 23.6 Å². The Bertz CT molecular complexity index is 727. The van der Waals surface area contributed by atoms with Gasteiger partial charge in [-0.2, -0.15) is 0 Å². The number of benzene rings is 1. The Morgan fingerprint density at radius 3 is 2.70 bits per heavy atom. The predicted octanol–water partition coefficient (Wildman–Crippen LogP) is 3.25. The summed E-state index contributed by atoms with van der Waals surface area (Å²) in [6.45, 7) is 1.92. The Hall–Kier alpha value is -3.15. The van der Waals surface area contributed by atoms with Crippen LogP contribution in [0.5, 0.6) is 5.75 Å². The average molecular weight is 312 g/mol. The van der Waals surface area contributed by atoms with Crippen LogP contribution in [0.25, 0.3) is 6.08 Å². The monoisotopic (exact) mass is 312 g/mol. The Morgan fingerprint density at radius 1 is 1.26 bits per heavy atom. The largest absolute Gasteiger partial charge is 0.508 e. The molecule has 2 rings (SSSR count). The molecule has 0 fully saturated rings. The van der Waals surface area contributed by atoms with E-state index in [1.807, 2.05) is 0 Å². The summed E-state index contributed by atoms with van der Waals surface area (Å²) in [6.07, 6.45) is 5.39. The van der Waals surface area contributed by atoms with E-state index in [-0.39, 0.29) is 18.1 Å². The van der Waals surface area contributed by atoms with Gasteiger partial charge >= 0.3 is 6.09 Å². The van der Waals surface area contributed by atoms with E-state index >= 15 is 0 Å². The van der Waals surface area contributed by atoms with Crippen LogP contribution in [0.4, 0.5) is 10.5 Å². The quantitative estimate of drug-likeness (QED) is 0.653. The lowest BCUT2D eigenvalue weighted by Gasteiger charge is -2.09. The highest BCUT2D eigenvalue weighted by Gasteiger charge is 2.08. The minimum atomic E-state index is -0.631. The van der Waals surface area contributed by atoms with Crippen molar-refractivity contribution in [3.63, 3.8) is 0 Å². The summed E-state index contributed by atoms with van der Waals surface area (Å²) in [4.78, 5) is 27.4. The molecule has 1 aromatic carbocycles. The number of aromatic nitrogens is 1. The summed E-state index contributed by atoms with van der Waals surface area (Å²) in [5, 5.41) is 12.1. The number of hydrogen-bond acceptors (Lipinski definition) is 5. The molecule has 6 heteroatoms. The lowest BCUT2D eigenvalue weighted by atomic mass is 10.1. The normalized spacial score (nSPS) is 10.5. The third-order valence-corrected chi connectivity index (χ3v) is 2.93. The third kappa shape index (κ3) is 4.67. The lowest BCUT2D eigenvalue weighted by Crippen LogP contribution is -2.14. The van der Waals surface area contributed by atoms with E-state index in [9.17, 15) is 14.7 Å². The molecule has 1 aromatic heterocycles. The second-order valence-corrected chi connectivity index (χ2v) is 4.55. The highest BCUT2D eigenvalue weighted by atomic mass is 16.5. The molecule has 0 saturated carbocycles. The fourth-order valence-electron chi connectivity index (χ4n) is 1.85. The second-order valence-electron chi connectivity index (χ2n) is 4.55. The maximum atomic E-state index is 12.0. The van der Waals surface area contributed by atoms with Crippen molar-refractivity contribution in [3.8, 4) is 5.75 Å². The van der Waals surface area contributed by atoms with Crippen LogP contribution in [0.3, 0.4) is 0 Å². The highest BCUT2D eigenvalue weighted by Crippen LogP contribution is 2.23. The van der Waals surface area contributed by atoms with Crippen LogP contribution in [-0.4, -0.2) is 28.6 Å². The first-order valence-electron chi connectivity index (χ1n) is 6.99. The lowest BCUT2D eigenvalue weighted by molar-refractivity contribution is 0.104. The number of allylic oxidation sites excluding steroid dienone is 1. The van der Waals surface area contributed by atoms with Crippen LogP contribution in [0.15, 0.2) is 48.8 Å². The van der Waals surface area contributed by atoms with Gasteiger partial charge in [0.2, 0.25) is 0 Å². The molecule has 1 amide bonds. The van der Waals surface area contributed by atoms with Crippen LogP contribution in [0.1, 0.15) is 22.8 Å². The minimum absolute atomic E-state index is 0.00518. The number of carbonyl (C=O) groups excluding carboxylic acids is 2. The topological polar surface area (TPSA) is 88.5 Å². The Balaban J connectivity index is 2.20. The SMILES string of the molecule is CCOC(=O)Nc1cc(O)ccc1/C=C/C(=O)c1ccncc1. The van der Waals surface area contributed by atoms with Gasteiger partial charge in [0.05, 0.1) is 12.3 Å². The van der Waals surface area contributed by atoms with Gasteiger partial charge in [0.15, 0.2) is 5.78 Å². The Labute approximate surface area is 133 Å². The van der Waals surface area contributed by atoms with Crippen LogP contribution >= 0.6 is 0 Å². The van der Waals surface area contributed by atoms with Gasteiger partial charge in [-0.15, -0.1) is 0 Å².